The lowest BCUT2D eigenvalue weighted by molar-refractivity contribution is 0.691. The SMILES string of the molecule is CNC(c1ccc2nccnc2c1)c1ccsc1C. The summed E-state index contributed by atoms with van der Waals surface area (Å²) in [4.78, 5) is 10.0. The molecule has 0 saturated carbocycles. The second-order valence-corrected chi connectivity index (χ2v) is 5.58. The summed E-state index contributed by atoms with van der Waals surface area (Å²) in [6.07, 6.45) is 3.46. The molecule has 3 rings (SSSR count). The van der Waals surface area contributed by atoms with Gasteiger partial charge in [0, 0.05) is 17.3 Å². The summed E-state index contributed by atoms with van der Waals surface area (Å²) >= 11 is 1.78. The maximum Gasteiger partial charge on any atom is 0.0890 e. The third-order valence-corrected chi connectivity index (χ3v) is 4.19. The summed E-state index contributed by atoms with van der Waals surface area (Å²) in [6.45, 7) is 2.16. The second-order valence-electron chi connectivity index (χ2n) is 4.46. The van der Waals surface area contributed by atoms with Crippen molar-refractivity contribution in [2.75, 3.05) is 7.05 Å². The van der Waals surface area contributed by atoms with Gasteiger partial charge in [-0.05, 0) is 48.7 Å². The highest BCUT2D eigenvalue weighted by Gasteiger charge is 2.15. The van der Waals surface area contributed by atoms with E-state index in [4.69, 9.17) is 0 Å². The van der Waals surface area contributed by atoms with Gasteiger partial charge in [0.1, 0.15) is 0 Å². The third-order valence-electron chi connectivity index (χ3n) is 3.33. The Morgan fingerprint density at radius 3 is 2.58 bits per heavy atom. The van der Waals surface area contributed by atoms with Crippen LogP contribution in [0.15, 0.2) is 42.0 Å². The summed E-state index contributed by atoms with van der Waals surface area (Å²) in [5.41, 5.74) is 4.42. The predicted octanol–water partition coefficient (Wildman–Crippen LogP) is 3.31. The van der Waals surface area contributed by atoms with E-state index < -0.39 is 0 Å². The van der Waals surface area contributed by atoms with Gasteiger partial charge in [0.25, 0.3) is 0 Å². The van der Waals surface area contributed by atoms with Crippen LogP contribution in [0.25, 0.3) is 11.0 Å². The normalized spacial score (nSPS) is 12.7. The first-order chi connectivity index (χ1) is 9.29. The van der Waals surface area contributed by atoms with Crippen LogP contribution in [-0.4, -0.2) is 17.0 Å². The van der Waals surface area contributed by atoms with Gasteiger partial charge in [0.05, 0.1) is 17.1 Å². The fraction of sp³-hybridized carbons (Fsp3) is 0.200. The molecular formula is C15H15N3S. The van der Waals surface area contributed by atoms with Gasteiger partial charge in [-0.3, -0.25) is 9.97 Å². The van der Waals surface area contributed by atoms with Crippen molar-refractivity contribution in [3.63, 3.8) is 0 Å². The molecule has 0 bridgehead atoms. The first-order valence-corrected chi connectivity index (χ1v) is 7.09. The van der Waals surface area contributed by atoms with Crippen LogP contribution in [0.5, 0.6) is 0 Å². The zero-order valence-electron chi connectivity index (χ0n) is 10.9. The molecule has 3 aromatic rings. The van der Waals surface area contributed by atoms with Crippen LogP contribution in [0.2, 0.25) is 0 Å². The van der Waals surface area contributed by atoms with E-state index in [9.17, 15) is 0 Å². The Balaban J connectivity index is 2.09. The molecule has 2 heterocycles. The molecule has 4 heteroatoms. The minimum Gasteiger partial charge on any atom is -0.309 e. The van der Waals surface area contributed by atoms with E-state index in [-0.39, 0.29) is 6.04 Å². The zero-order valence-corrected chi connectivity index (χ0v) is 11.7. The number of nitrogens with one attached hydrogen (secondary N) is 1. The molecule has 96 valence electrons. The number of rotatable bonds is 3. The van der Waals surface area contributed by atoms with Gasteiger partial charge < -0.3 is 5.32 Å². The second kappa shape index (κ2) is 5.07. The summed E-state index contributed by atoms with van der Waals surface area (Å²) < 4.78 is 0. The fourth-order valence-electron chi connectivity index (χ4n) is 2.36. The van der Waals surface area contributed by atoms with Crippen molar-refractivity contribution in [2.24, 2.45) is 0 Å². The maximum atomic E-state index is 4.37. The monoisotopic (exact) mass is 269 g/mol. The summed E-state index contributed by atoms with van der Waals surface area (Å²) in [5, 5.41) is 5.52. The molecule has 0 aliphatic carbocycles. The van der Waals surface area contributed by atoms with E-state index in [0.717, 1.165) is 11.0 Å². The van der Waals surface area contributed by atoms with Gasteiger partial charge in [-0.15, -0.1) is 11.3 Å². The van der Waals surface area contributed by atoms with E-state index >= 15 is 0 Å². The van der Waals surface area contributed by atoms with Gasteiger partial charge in [-0.2, -0.15) is 0 Å². The first-order valence-electron chi connectivity index (χ1n) is 6.21. The lowest BCUT2D eigenvalue weighted by atomic mass is 9.99. The Hall–Kier alpha value is -1.78. The van der Waals surface area contributed by atoms with E-state index in [2.05, 4.69) is 45.8 Å². The fourth-order valence-corrected chi connectivity index (χ4v) is 3.10. The van der Waals surface area contributed by atoms with Crippen LogP contribution in [0.3, 0.4) is 0 Å². The van der Waals surface area contributed by atoms with Crippen LogP contribution in [-0.2, 0) is 0 Å². The van der Waals surface area contributed by atoms with Gasteiger partial charge in [-0.25, -0.2) is 0 Å². The summed E-state index contributed by atoms with van der Waals surface area (Å²) in [6, 6.07) is 8.65. The van der Waals surface area contributed by atoms with Crippen LogP contribution in [0.1, 0.15) is 22.0 Å². The lowest BCUT2D eigenvalue weighted by Gasteiger charge is -2.17. The Bertz CT molecular complexity index is 705. The Labute approximate surface area is 116 Å². The number of hydrogen-bond donors (Lipinski definition) is 1. The predicted molar refractivity (Wildman–Crippen MR) is 79.5 cm³/mol. The lowest BCUT2D eigenvalue weighted by Crippen LogP contribution is -2.17. The minimum absolute atomic E-state index is 0.206. The van der Waals surface area contributed by atoms with Crippen LogP contribution < -0.4 is 5.32 Å². The smallest absolute Gasteiger partial charge is 0.0890 e. The van der Waals surface area contributed by atoms with Crippen LogP contribution in [0.4, 0.5) is 0 Å². The molecule has 19 heavy (non-hydrogen) atoms. The molecule has 0 spiro atoms. The molecule has 0 aliphatic rings. The van der Waals surface area contributed by atoms with Crippen LogP contribution in [0, 0.1) is 6.92 Å². The molecule has 0 aliphatic heterocycles. The molecule has 1 unspecified atom stereocenters. The topological polar surface area (TPSA) is 37.8 Å². The largest absolute Gasteiger partial charge is 0.309 e. The van der Waals surface area contributed by atoms with E-state index in [1.54, 1.807) is 23.7 Å². The van der Waals surface area contributed by atoms with Gasteiger partial charge >= 0.3 is 0 Å². The molecule has 2 aromatic heterocycles. The van der Waals surface area contributed by atoms with Crippen molar-refractivity contribution in [3.05, 3.63) is 58.0 Å². The van der Waals surface area contributed by atoms with Crippen molar-refractivity contribution in [1.29, 1.82) is 0 Å². The molecule has 1 N–H and O–H groups in total. The summed E-state index contributed by atoms with van der Waals surface area (Å²) in [7, 11) is 1.99. The standard InChI is InChI=1S/C15H15N3S/c1-10-12(5-8-19-10)15(16-2)11-3-4-13-14(9-11)18-7-6-17-13/h3-9,15-16H,1-2H3. The molecule has 0 radical (unpaired) electrons. The number of thiophene rings is 1. The number of hydrogen-bond acceptors (Lipinski definition) is 4. The Morgan fingerprint density at radius 1 is 1.11 bits per heavy atom. The highest BCUT2D eigenvalue weighted by atomic mass is 32.1. The van der Waals surface area contributed by atoms with Crippen molar-refractivity contribution in [2.45, 2.75) is 13.0 Å². The van der Waals surface area contributed by atoms with Crippen molar-refractivity contribution in [3.8, 4) is 0 Å². The van der Waals surface area contributed by atoms with Gasteiger partial charge in [-0.1, -0.05) is 6.07 Å². The van der Waals surface area contributed by atoms with E-state index in [0.29, 0.717) is 0 Å². The molecule has 0 saturated heterocycles. The Morgan fingerprint density at radius 2 is 1.89 bits per heavy atom. The molecule has 3 nitrogen and oxygen atoms in total. The maximum absolute atomic E-state index is 4.37. The molecule has 0 amide bonds. The first kappa shape index (κ1) is 12.3. The van der Waals surface area contributed by atoms with Crippen molar-refractivity contribution < 1.29 is 0 Å². The number of nitrogens with zero attached hydrogens (tertiary/aromatic N) is 2. The quantitative estimate of drug-likeness (QED) is 0.792. The minimum atomic E-state index is 0.206. The highest BCUT2D eigenvalue weighted by molar-refractivity contribution is 7.10. The highest BCUT2D eigenvalue weighted by Crippen LogP contribution is 2.28. The Kier molecular flexibility index (Phi) is 3.27. The number of fused-ring (bicyclic) bond motifs is 1. The number of aryl methyl sites for hydroxylation is 1. The average Bonchev–Trinajstić information content (AvgIpc) is 2.86. The number of aromatic nitrogens is 2. The van der Waals surface area contributed by atoms with Gasteiger partial charge in [0.15, 0.2) is 0 Å². The van der Waals surface area contributed by atoms with Crippen molar-refractivity contribution >= 4 is 22.4 Å². The molecule has 1 aromatic carbocycles. The molecular weight excluding hydrogens is 254 g/mol. The number of benzene rings is 1. The summed E-state index contributed by atoms with van der Waals surface area (Å²) in [5.74, 6) is 0. The zero-order chi connectivity index (χ0) is 13.2. The van der Waals surface area contributed by atoms with Crippen LogP contribution >= 0.6 is 11.3 Å². The van der Waals surface area contributed by atoms with E-state index in [1.165, 1.54) is 16.0 Å². The third kappa shape index (κ3) is 2.25. The molecule has 1 atom stereocenters. The van der Waals surface area contributed by atoms with Crippen molar-refractivity contribution in [1.82, 2.24) is 15.3 Å². The average molecular weight is 269 g/mol. The van der Waals surface area contributed by atoms with E-state index in [1.807, 2.05) is 13.1 Å². The van der Waals surface area contributed by atoms with Gasteiger partial charge in [0.2, 0.25) is 0 Å². The molecule has 0 fully saturated rings.